The number of rotatable bonds is 2. The summed E-state index contributed by atoms with van der Waals surface area (Å²) in [7, 11) is 3.52. The number of benzene rings is 1. The Labute approximate surface area is 127 Å². The molecule has 0 aliphatic carbocycles. The van der Waals surface area contributed by atoms with E-state index >= 15 is 0 Å². The maximum Gasteiger partial charge on any atom is 0.491 e. The molecule has 0 atom stereocenters. The number of fused-ring (bicyclic) bond motifs is 1. The summed E-state index contributed by atoms with van der Waals surface area (Å²) < 4.78 is 44.7. The largest absolute Gasteiger partial charge is 0.491 e. The minimum absolute atomic E-state index is 0.139. The molecular formula is C14H10F3NO5. The number of halogens is 3. The van der Waals surface area contributed by atoms with Crippen molar-refractivity contribution >= 4 is 28.6 Å². The summed E-state index contributed by atoms with van der Waals surface area (Å²) in [5, 5.41) is 0.293. The van der Waals surface area contributed by atoms with Gasteiger partial charge in [-0.05, 0) is 18.2 Å². The van der Waals surface area contributed by atoms with Crippen LogP contribution in [0, 0.1) is 0 Å². The summed E-state index contributed by atoms with van der Waals surface area (Å²) in [6.45, 7) is 0. The third kappa shape index (κ3) is 3.50. The van der Waals surface area contributed by atoms with Gasteiger partial charge in [-0.1, -0.05) is 0 Å². The molecule has 0 spiro atoms. The molecule has 0 bridgehead atoms. The van der Waals surface area contributed by atoms with Crippen molar-refractivity contribution in [3.8, 4) is 0 Å². The van der Waals surface area contributed by atoms with E-state index in [-0.39, 0.29) is 5.58 Å². The van der Waals surface area contributed by atoms with E-state index in [1.807, 2.05) is 0 Å². The van der Waals surface area contributed by atoms with Crippen molar-refractivity contribution in [1.82, 2.24) is 0 Å². The van der Waals surface area contributed by atoms with Crippen LogP contribution in [0.25, 0.3) is 11.0 Å². The van der Waals surface area contributed by atoms with Gasteiger partial charge in [-0.15, -0.1) is 0 Å². The Hall–Kier alpha value is -2.84. The molecule has 0 saturated heterocycles. The first-order valence-corrected chi connectivity index (χ1v) is 6.18. The van der Waals surface area contributed by atoms with Gasteiger partial charge in [-0.2, -0.15) is 13.2 Å². The van der Waals surface area contributed by atoms with E-state index in [0.717, 1.165) is 6.07 Å². The van der Waals surface area contributed by atoms with Gasteiger partial charge in [0, 0.05) is 31.2 Å². The summed E-state index contributed by atoms with van der Waals surface area (Å²) in [5.41, 5.74) is -1.15. The van der Waals surface area contributed by atoms with Gasteiger partial charge in [-0.25, -0.2) is 14.4 Å². The first kappa shape index (κ1) is 16.5. The third-order valence-electron chi connectivity index (χ3n) is 2.87. The van der Waals surface area contributed by atoms with Crippen LogP contribution in [0.1, 0.15) is 10.4 Å². The summed E-state index contributed by atoms with van der Waals surface area (Å²) in [6.07, 6.45) is -5.34. The number of carbonyl (C=O) groups excluding carboxylic acids is 2. The molecule has 0 radical (unpaired) electrons. The zero-order valence-corrected chi connectivity index (χ0v) is 11.9. The lowest BCUT2D eigenvalue weighted by molar-refractivity contribution is -0.193. The van der Waals surface area contributed by atoms with Gasteiger partial charge in [0.2, 0.25) is 0 Å². The predicted molar refractivity (Wildman–Crippen MR) is 73.3 cm³/mol. The molecule has 0 aliphatic rings. The molecule has 6 nitrogen and oxygen atoms in total. The molecule has 0 fully saturated rings. The van der Waals surface area contributed by atoms with Gasteiger partial charge in [0.05, 0.1) is 0 Å². The van der Waals surface area contributed by atoms with Gasteiger partial charge in [0.15, 0.2) is 0 Å². The molecule has 2 aromatic rings. The number of anilines is 1. The molecule has 0 amide bonds. The van der Waals surface area contributed by atoms with E-state index in [1.54, 1.807) is 25.1 Å². The number of carbonyl (C=O) groups is 2. The van der Waals surface area contributed by atoms with Crippen LogP contribution in [0.4, 0.5) is 18.9 Å². The SMILES string of the molecule is CN(C)c1ccc2cc(C(=O)OC(=O)C(F)(F)F)c(=O)oc2c1. The van der Waals surface area contributed by atoms with E-state index in [9.17, 15) is 27.6 Å². The van der Waals surface area contributed by atoms with Crippen molar-refractivity contribution < 1.29 is 31.9 Å². The Morgan fingerprint density at radius 1 is 1.17 bits per heavy atom. The smallest absolute Gasteiger partial charge is 0.422 e. The molecule has 1 aromatic carbocycles. The van der Waals surface area contributed by atoms with E-state index < -0.39 is 29.3 Å². The summed E-state index contributed by atoms with van der Waals surface area (Å²) in [6, 6.07) is 5.69. The van der Waals surface area contributed by atoms with Crippen molar-refractivity contribution in [2.75, 3.05) is 19.0 Å². The first-order valence-electron chi connectivity index (χ1n) is 6.18. The minimum Gasteiger partial charge on any atom is -0.422 e. The molecule has 0 unspecified atom stereocenters. The zero-order valence-electron chi connectivity index (χ0n) is 11.9. The summed E-state index contributed by atoms with van der Waals surface area (Å²) >= 11 is 0. The Balaban J connectivity index is 2.41. The van der Waals surface area contributed by atoms with Gasteiger partial charge in [-0.3, -0.25) is 0 Å². The maximum absolute atomic E-state index is 12.1. The highest BCUT2D eigenvalue weighted by molar-refractivity contribution is 5.99. The van der Waals surface area contributed by atoms with Gasteiger partial charge >= 0.3 is 23.7 Å². The van der Waals surface area contributed by atoms with Crippen LogP contribution in [-0.2, 0) is 9.53 Å². The van der Waals surface area contributed by atoms with Crippen LogP contribution >= 0.6 is 0 Å². The molecule has 23 heavy (non-hydrogen) atoms. The molecule has 2 rings (SSSR count). The van der Waals surface area contributed by atoms with Crippen molar-refractivity contribution in [3.05, 3.63) is 40.2 Å². The fraction of sp³-hybridized carbons (Fsp3) is 0.214. The van der Waals surface area contributed by atoms with Crippen LogP contribution in [0.2, 0.25) is 0 Å². The van der Waals surface area contributed by atoms with Crippen molar-refractivity contribution in [2.24, 2.45) is 0 Å². The third-order valence-corrected chi connectivity index (χ3v) is 2.87. The highest BCUT2D eigenvalue weighted by atomic mass is 19.4. The number of ether oxygens (including phenoxy) is 1. The lowest BCUT2D eigenvalue weighted by Crippen LogP contribution is -2.29. The highest BCUT2D eigenvalue weighted by Gasteiger charge is 2.43. The van der Waals surface area contributed by atoms with Crippen molar-refractivity contribution in [2.45, 2.75) is 6.18 Å². The molecule has 0 N–H and O–H groups in total. The molecule has 122 valence electrons. The van der Waals surface area contributed by atoms with E-state index in [0.29, 0.717) is 11.1 Å². The molecule has 9 heteroatoms. The summed E-state index contributed by atoms with van der Waals surface area (Å²) in [4.78, 5) is 35.6. The number of esters is 2. The van der Waals surface area contributed by atoms with Crippen molar-refractivity contribution in [3.63, 3.8) is 0 Å². The normalized spacial score (nSPS) is 11.3. The predicted octanol–water partition coefficient (Wildman–Crippen LogP) is 2.10. The number of alkyl halides is 3. The minimum atomic E-state index is -5.34. The van der Waals surface area contributed by atoms with Gasteiger partial charge in [0.25, 0.3) is 0 Å². The molecule has 0 aliphatic heterocycles. The second-order valence-electron chi connectivity index (χ2n) is 4.74. The average Bonchev–Trinajstić information content (AvgIpc) is 2.44. The lowest BCUT2D eigenvalue weighted by atomic mass is 10.1. The summed E-state index contributed by atoms with van der Waals surface area (Å²) in [5.74, 6) is -4.43. The highest BCUT2D eigenvalue weighted by Crippen LogP contribution is 2.21. The number of hydrogen-bond acceptors (Lipinski definition) is 6. The maximum atomic E-state index is 12.1. The number of nitrogens with zero attached hydrogens (tertiary/aromatic N) is 1. The second kappa shape index (κ2) is 5.75. The topological polar surface area (TPSA) is 76.8 Å². The van der Waals surface area contributed by atoms with Crippen LogP contribution < -0.4 is 10.5 Å². The van der Waals surface area contributed by atoms with E-state index in [2.05, 4.69) is 4.74 Å². The Morgan fingerprint density at radius 3 is 2.39 bits per heavy atom. The Bertz CT molecular complexity index is 838. The van der Waals surface area contributed by atoms with Crippen LogP contribution in [-0.4, -0.2) is 32.2 Å². The molecule has 1 aromatic heterocycles. The second-order valence-corrected chi connectivity index (χ2v) is 4.74. The van der Waals surface area contributed by atoms with Gasteiger partial charge < -0.3 is 14.1 Å². The average molecular weight is 329 g/mol. The standard InChI is InChI=1S/C14H10F3NO5/c1-18(2)8-4-3-7-5-9(11(19)22-10(7)6-8)12(20)23-13(21)14(15,16)17/h3-6H,1-2H3. The first-order chi connectivity index (χ1) is 10.6. The lowest BCUT2D eigenvalue weighted by Gasteiger charge is -2.12. The van der Waals surface area contributed by atoms with Crippen molar-refractivity contribution in [1.29, 1.82) is 0 Å². The molecule has 1 heterocycles. The fourth-order valence-electron chi connectivity index (χ4n) is 1.72. The Morgan fingerprint density at radius 2 is 1.83 bits per heavy atom. The monoisotopic (exact) mass is 329 g/mol. The molecular weight excluding hydrogens is 319 g/mol. The van der Waals surface area contributed by atoms with Crippen LogP contribution in [0.5, 0.6) is 0 Å². The zero-order chi connectivity index (χ0) is 17.4. The Kier molecular flexibility index (Phi) is 4.13. The molecule has 0 saturated carbocycles. The van der Waals surface area contributed by atoms with Gasteiger partial charge in [0.1, 0.15) is 11.1 Å². The van der Waals surface area contributed by atoms with Crippen LogP contribution in [0.15, 0.2) is 33.5 Å². The fourth-order valence-corrected chi connectivity index (χ4v) is 1.72. The number of hydrogen-bond donors (Lipinski definition) is 0. The quantitative estimate of drug-likeness (QED) is 0.477. The van der Waals surface area contributed by atoms with Crippen LogP contribution in [0.3, 0.4) is 0 Å². The van der Waals surface area contributed by atoms with E-state index in [1.165, 1.54) is 12.1 Å². The van der Waals surface area contributed by atoms with E-state index in [4.69, 9.17) is 4.42 Å².